The van der Waals surface area contributed by atoms with Crippen LogP contribution in [0.2, 0.25) is 5.02 Å². The maximum Gasteiger partial charge on any atom is 0.291 e. The number of furan rings is 1. The Balaban J connectivity index is 1.47. The number of amides is 2. The molecule has 4 rings (SSSR count). The van der Waals surface area contributed by atoms with Crippen LogP contribution in [0.25, 0.3) is 6.08 Å². The standard InChI is InChI=1S/C23H19ClN2O4/c1-14(10-18-6-3-9-29-18)25-22(27)16-7-8-20-19(13-16)26-23(28)21(30-20)12-15-4-2-5-17(24)11-15/h2-9,11-14H,10H2,1H3,(H,25,27)(H,26,28). The summed E-state index contributed by atoms with van der Waals surface area (Å²) in [4.78, 5) is 25.0. The van der Waals surface area contributed by atoms with Gasteiger partial charge >= 0.3 is 0 Å². The van der Waals surface area contributed by atoms with E-state index in [0.717, 1.165) is 11.3 Å². The van der Waals surface area contributed by atoms with Crippen LogP contribution in [0.15, 0.2) is 71.0 Å². The van der Waals surface area contributed by atoms with Crippen LogP contribution in [0.1, 0.15) is 28.6 Å². The molecule has 6 nitrogen and oxygen atoms in total. The second-order valence-electron chi connectivity index (χ2n) is 6.99. The van der Waals surface area contributed by atoms with Crippen LogP contribution in [0.3, 0.4) is 0 Å². The number of halogens is 1. The van der Waals surface area contributed by atoms with Gasteiger partial charge in [0, 0.05) is 23.0 Å². The number of benzene rings is 2. The van der Waals surface area contributed by atoms with Crippen LogP contribution in [0, 0.1) is 0 Å². The Labute approximate surface area is 178 Å². The first kappa shape index (κ1) is 19.8. The maximum atomic E-state index is 12.6. The zero-order valence-corrected chi connectivity index (χ0v) is 16.9. The number of anilines is 1. The molecule has 0 saturated carbocycles. The first-order valence-corrected chi connectivity index (χ1v) is 9.79. The molecule has 2 amide bonds. The molecule has 1 aromatic heterocycles. The molecule has 0 fully saturated rings. The Hall–Kier alpha value is -3.51. The van der Waals surface area contributed by atoms with Gasteiger partial charge in [-0.05, 0) is 61.0 Å². The van der Waals surface area contributed by atoms with E-state index in [1.165, 1.54) is 0 Å². The van der Waals surface area contributed by atoms with Crippen LogP contribution in [0.4, 0.5) is 5.69 Å². The summed E-state index contributed by atoms with van der Waals surface area (Å²) in [5.41, 5.74) is 1.61. The highest BCUT2D eigenvalue weighted by Crippen LogP contribution is 2.32. The average molecular weight is 423 g/mol. The minimum atomic E-state index is -0.397. The van der Waals surface area contributed by atoms with Crippen molar-refractivity contribution >= 4 is 35.2 Å². The lowest BCUT2D eigenvalue weighted by molar-refractivity contribution is -0.115. The molecule has 2 N–H and O–H groups in total. The van der Waals surface area contributed by atoms with Crippen LogP contribution >= 0.6 is 11.6 Å². The summed E-state index contributed by atoms with van der Waals surface area (Å²) in [6.45, 7) is 1.90. The van der Waals surface area contributed by atoms with E-state index in [-0.39, 0.29) is 17.7 Å². The van der Waals surface area contributed by atoms with Crippen molar-refractivity contribution in [3.05, 3.63) is 88.5 Å². The summed E-state index contributed by atoms with van der Waals surface area (Å²) in [7, 11) is 0. The number of nitrogens with one attached hydrogen (secondary N) is 2. The molecule has 1 unspecified atom stereocenters. The summed E-state index contributed by atoms with van der Waals surface area (Å²) in [5, 5.41) is 6.26. The van der Waals surface area contributed by atoms with E-state index < -0.39 is 5.91 Å². The van der Waals surface area contributed by atoms with E-state index in [0.29, 0.717) is 28.4 Å². The first-order chi connectivity index (χ1) is 14.5. The Morgan fingerprint density at radius 2 is 2.07 bits per heavy atom. The van der Waals surface area contributed by atoms with Gasteiger partial charge in [0.05, 0.1) is 12.0 Å². The smallest absolute Gasteiger partial charge is 0.291 e. The van der Waals surface area contributed by atoms with Gasteiger partial charge < -0.3 is 19.8 Å². The van der Waals surface area contributed by atoms with Gasteiger partial charge in [-0.15, -0.1) is 0 Å². The van der Waals surface area contributed by atoms with Gasteiger partial charge in [0.1, 0.15) is 5.76 Å². The maximum absolute atomic E-state index is 12.6. The zero-order valence-electron chi connectivity index (χ0n) is 16.1. The van der Waals surface area contributed by atoms with Crippen molar-refractivity contribution in [3.63, 3.8) is 0 Å². The molecule has 0 spiro atoms. The van der Waals surface area contributed by atoms with Gasteiger partial charge in [-0.3, -0.25) is 9.59 Å². The molecule has 30 heavy (non-hydrogen) atoms. The highest BCUT2D eigenvalue weighted by molar-refractivity contribution is 6.30. The largest absolute Gasteiger partial charge is 0.469 e. The minimum Gasteiger partial charge on any atom is -0.469 e. The van der Waals surface area contributed by atoms with Crippen molar-refractivity contribution in [2.24, 2.45) is 0 Å². The summed E-state index contributed by atoms with van der Waals surface area (Å²) in [6.07, 6.45) is 3.80. The van der Waals surface area contributed by atoms with Crippen molar-refractivity contribution in [1.82, 2.24) is 5.32 Å². The van der Waals surface area contributed by atoms with Crippen LogP contribution in [0.5, 0.6) is 5.75 Å². The van der Waals surface area contributed by atoms with Crippen LogP contribution in [-0.4, -0.2) is 17.9 Å². The topological polar surface area (TPSA) is 80.6 Å². The fraction of sp³-hybridized carbons (Fsp3) is 0.130. The van der Waals surface area contributed by atoms with Gasteiger partial charge in [-0.1, -0.05) is 23.7 Å². The molecule has 1 atom stereocenters. The van der Waals surface area contributed by atoms with Crippen molar-refractivity contribution in [3.8, 4) is 5.75 Å². The molecular weight excluding hydrogens is 404 g/mol. The van der Waals surface area contributed by atoms with Crippen molar-refractivity contribution in [2.45, 2.75) is 19.4 Å². The Kier molecular flexibility index (Phi) is 5.59. The highest BCUT2D eigenvalue weighted by atomic mass is 35.5. The molecule has 152 valence electrons. The van der Waals surface area contributed by atoms with Gasteiger partial charge in [0.25, 0.3) is 11.8 Å². The van der Waals surface area contributed by atoms with Crippen molar-refractivity contribution < 1.29 is 18.7 Å². The lowest BCUT2D eigenvalue weighted by Crippen LogP contribution is -2.34. The van der Waals surface area contributed by atoms with Gasteiger partial charge in [-0.25, -0.2) is 0 Å². The van der Waals surface area contributed by atoms with E-state index in [9.17, 15) is 9.59 Å². The Morgan fingerprint density at radius 1 is 1.20 bits per heavy atom. The molecule has 1 aliphatic heterocycles. The highest BCUT2D eigenvalue weighted by Gasteiger charge is 2.23. The monoisotopic (exact) mass is 422 g/mol. The molecule has 0 saturated heterocycles. The summed E-state index contributed by atoms with van der Waals surface area (Å²) in [6, 6.07) is 15.6. The Bertz CT molecular complexity index is 1120. The van der Waals surface area contributed by atoms with Gasteiger partial charge in [-0.2, -0.15) is 0 Å². The molecule has 1 aliphatic rings. The number of carbonyl (C=O) groups is 2. The fourth-order valence-electron chi connectivity index (χ4n) is 3.14. The third kappa shape index (κ3) is 4.55. The quantitative estimate of drug-likeness (QED) is 0.586. The number of rotatable bonds is 5. The molecular formula is C23H19ClN2O4. The predicted octanol–water partition coefficient (Wildman–Crippen LogP) is 4.67. The van der Waals surface area contributed by atoms with Crippen LogP contribution in [-0.2, 0) is 11.2 Å². The average Bonchev–Trinajstić information content (AvgIpc) is 3.21. The summed E-state index contributed by atoms with van der Waals surface area (Å²) < 4.78 is 11.0. The molecule has 0 aliphatic carbocycles. The number of fused-ring (bicyclic) bond motifs is 1. The summed E-state index contributed by atoms with van der Waals surface area (Å²) in [5.74, 6) is 0.766. The van der Waals surface area contributed by atoms with E-state index in [1.807, 2.05) is 25.1 Å². The van der Waals surface area contributed by atoms with E-state index in [4.69, 9.17) is 20.8 Å². The molecule has 0 radical (unpaired) electrons. The number of hydrogen-bond acceptors (Lipinski definition) is 4. The number of carbonyl (C=O) groups excluding carboxylic acids is 2. The number of hydrogen-bond donors (Lipinski definition) is 2. The normalized spacial score (nSPS) is 15.1. The SMILES string of the molecule is CC(Cc1ccco1)NC(=O)c1ccc2c(c1)NC(=O)C(=Cc1cccc(Cl)c1)O2. The predicted molar refractivity (Wildman–Crippen MR) is 114 cm³/mol. The lowest BCUT2D eigenvalue weighted by atomic mass is 10.1. The third-order valence-electron chi connectivity index (χ3n) is 4.55. The molecule has 3 aromatic rings. The fourth-order valence-corrected chi connectivity index (χ4v) is 3.34. The third-order valence-corrected chi connectivity index (χ3v) is 4.78. The van der Waals surface area contributed by atoms with E-state index in [1.54, 1.807) is 48.7 Å². The number of ether oxygens (including phenoxy) is 1. The molecule has 2 aromatic carbocycles. The molecule has 2 heterocycles. The van der Waals surface area contributed by atoms with E-state index in [2.05, 4.69) is 10.6 Å². The molecule has 7 heteroatoms. The van der Waals surface area contributed by atoms with Gasteiger partial charge in [0.2, 0.25) is 0 Å². The van der Waals surface area contributed by atoms with E-state index >= 15 is 0 Å². The summed E-state index contributed by atoms with van der Waals surface area (Å²) >= 11 is 5.99. The zero-order chi connectivity index (χ0) is 21.1. The van der Waals surface area contributed by atoms with Gasteiger partial charge in [0.15, 0.2) is 11.5 Å². The van der Waals surface area contributed by atoms with Crippen molar-refractivity contribution in [1.29, 1.82) is 0 Å². The first-order valence-electron chi connectivity index (χ1n) is 9.42. The Morgan fingerprint density at radius 3 is 2.83 bits per heavy atom. The minimum absolute atomic E-state index is 0.113. The lowest BCUT2D eigenvalue weighted by Gasteiger charge is -2.21. The second kappa shape index (κ2) is 8.47. The molecule has 0 bridgehead atoms. The van der Waals surface area contributed by atoms with Crippen LogP contribution < -0.4 is 15.4 Å². The van der Waals surface area contributed by atoms with Crippen molar-refractivity contribution in [2.75, 3.05) is 5.32 Å². The second-order valence-corrected chi connectivity index (χ2v) is 7.43.